The highest BCUT2D eigenvalue weighted by Gasteiger charge is 2.12. The largest absolute Gasteiger partial charge is 0.494 e. The predicted molar refractivity (Wildman–Crippen MR) is 71.8 cm³/mol. The van der Waals surface area contributed by atoms with Crippen molar-refractivity contribution < 1.29 is 13.9 Å². The van der Waals surface area contributed by atoms with E-state index in [1.807, 2.05) is 4.57 Å². The number of hydrogen-bond acceptors (Lipinski definition) is 4. The number of hydrogen-bond donors (Lipinski definition) is 1. The minimum atomic E-state index is -0.431. The number of nitrogens with zero attached hydrogens (tertiary/aromatic N) is 2. The minimum absolute atomic E-state index is 0.200. The molecule has 2 rings (SSSR count). The molecule has 1 aromatic heterocycles. The quantitative estimate of drug-likeness (QED) is 0.815. The second kappa shape index (κ2) is 5.88. The van der Waals surface area contributed by atoms with Gasteiger partial charge in [-0.15, -0.1) is 0 Å². The van der Waals surface area contributed by atoms with Gasteiger partial charge in [0.25, 0.3) is 0 Å². The zero-order valence-corrected chi connectivity index (χ0v) is 11.1. The zero-order chi connectivity index (χ0) is 13.8. The maximum absolute atomic E-state index is 13.6. The third-order valence-electron chi connectivity index (χ3n) is 3.03. The van der Waals surface area contributed by atoms with Gasteiger partial charge in [0.15, 0.2) is 11.6 Å². The Hall–Kier alpha value is -1.82. The number of nitrogen functional groups attached to an aromatic ring is 1. The number of anilines is 1. The lowest BCUT2D eigenvalue weighted by Gasteiger charge is -2.07. The molecule has 0 amide bonds. The molecule has 0 atom stereocenters. The Balaban J connectivity index is 2.29. The fourth-order valence-electron chi connectivity index (χ4n) is 2.05. The van der Waals surface area contributed by atoms with Gasteiger partial charge in [-0.2, -0.15) is 0 Å². The van der Waals surface area contributed by atoms with Gasteiger partial charge in [0.1, 0.15) is 0 Å². The summed E-state index contributed by atoms with van der Waals surface area (Å²) in [5.74, 6) is 0.157. The molecule has 0 unspecified atom stereocenters. The molecule has 2 N–H and O–H groups in total. The first-order valence-corrected chi connectivity index (χ1v) is 6.15. The van der Waals surface area contributed by atoms with Gasteiger partial charge in [0, 0.05) is 32.4 Å². The van der Waals surface area contributed by atoms with Gasteiger partial charge in [-0.25, -0.2) is 9.37 Å². The van der Waals surface area contributed by atoms with E-state index in [1.165, 1.54) is 13.2 Å². The number of halogens is 1. The highest BCUT2D eigenvalue weighted by atomic mass is 19.1. The van der Waals surface area contributed by atoms with Gasteiger partial charge in [0.05, 0.1) is 18.1 Å². The number of aromatic nitrogens is 2. The molecule has 0 fully saturated rings. The summed E-state index contributed by atoms with van der Waals surface area (Å²) in [7, 11) is 3.11. The van der Waals surface area contributed by atoms with E-state index < -0.39 is 5.82 Å². The molecule has 19 heavy (non-hydrogen) atoms. The molecule has 104 valence electrons. The number of nitrogens with two attached hydrogens (primary N) is 1. The molecule has 0 saturated heterocycles. The first-order valence-electron chi connectivity index (χ1n) is 6.15. The number of aryl methyl sites for hydroxylation is 1. The number of fused-ring (bicyclic) bond motifs is 1. The Morgan fingerprint density at radius 1 is 1.32 bits per heavy atom. The summed E-state index contributed by atoms with van der Waals surface area (Å²) in [6.07, 6.45) is 1.86. The SMILES string of the molecule is COCCCCn1c(N)nc2cc(F)c(OC)cc21. The van der Waals surface area contributed by atoms with Gasteiger partial charge in [-0.05, 0) is 12.8 Å². The van der Waals surface area contributed by atoms with E-state index in [9.17, 15) is 4.39 Å². The van der Waals surface area contributed by atoms with E-state index in [4.69, 9.17) is 15.2 Å². The minimum Gasteiger partial charge on any atom is -0.494 e. The van der Waals surface area contributed by atoms with Crippen molar-refractivity contribution >= 4 is 17.0 Å². The van der Waals surface area contributed by atoms with E-state index in [0.29, 0.717) is 18.1 Å². The molecule has 1 aromatic carbocycles. The summed E-state index contributed by atoms with van der Waals surface area (Å²) in [4.78, 5) is 4.16. The van der Waals surface area contributed by atoms with Crippen molar-refractivity contribution in [2.75, 3.05) is 26.6 Å². The summed E-state index contributed by atoms with van der Waals surface area (Å²) in [5, 5.41) is 0. The average Bonchev–Trinajstić information content (AvgIpc) is 2.69. The van der Waals surface area contributed by atoms with Crippen LogP contribution in [0.25, 0.3) is 11.0 Å². The highest BCUT2D eigenvalue weighted by Crippen LogP contribution is 2.26. The van der Waals surface area contributed by atoms with Crippen LogP contribution in [0.2, 0.25) is 0 Å². The molecule has 0 spiro atoms. The van der Waals surface area contributed by atoms with Crippen LogP contribution >= 0.6 is 0 Å². The average molecular weight is 267 g/mol. The van der Waals surface area contributed by atoms with Crippen LogP contribution in [0, 0.1) is 5.82 Å². The molecule has 0 bridgehead atoms. The highest BCUT2D eigenvalue weighted by molar-refractivity contribution is 5.80. The third kappa shape index (κ3) is 2.78. The van der Waals surface area contributed by atoms with Crippen molar-refractivity contribution in [1.82, 2.24) is 9.55 Å². The van der Waals surface area contributed by atoms with Crippen LogP contribution in [0.5, 0.6) is 5.75 Å². The van der Waals surface area contributed by atoms with Crippen molar-refractivity contribution in [1.29, 1.82) is 0 Å². The molecule has 0 aliphatic heterocycles. The predicted octanol–water partition coefficient (Wildman–Crippen LogP) is 2.19. The molecule has 5 nitrogen and oxygen atoms in total. The molecule has 0 saturated carbocycles. The normalized spacial score (nSPS) is 11.1. The van der Waals surface area contributed by atoms with Gasteiger partial charge in [-0.1, -0.05) is 0 Å². The van der Waals surface area contributed by atoms with Gasteiger partial charge < -0.3 is 19.8 Å². The van der Waals surface area contributed by atoms with E-state index in [0.717, 1.165) is 24.9 Å². The van der Waals surface area contributed by atoms with Gasteiger partial charge >= 0.3 is 0 Å². The maximum atomic E-state index is 13.6. The number of methoxy groups -OCH3 is 2. The molecule has 0 aliphatic rings. The molecule has 2 aromatic rings. The van der Waals surface area contributed by atoms with Crippen molar-refractivity contribution in [3.8, 4) is 5.75 Å². The second-order valence-electron chi connectivity index (χ2n) is 4.30. The topological polar surface area (TPSA) is 62.3 Å². The fourth-order valence-corrected chi connectivity index (χ4v) is 2.05. The van der Waals surface area contributed by atoms with Gasteiger partial charge in [-0.3, -0.25) is 0 Å². The van der Waals surface area contributed by atoms with Crippen LogP contribution in [-0.2, 0) is 11.3 Å². The Bertz CT molecular complexity index is 569. The number of benzene rings is 1. The smallest absolute Gasteiger partial charge is 0.201 e. The van der Waals surface area contributed by atoms with Crippen LogP contribution in [-0.4, -0.2) is 30.4 Å². The van der Waals surface area contributed by atoms with Crippen molar-refractivity contribution in [2.45, 2.75) is 19.4 Å². The summed E-state index contributed by atoms with van der Waals surface area (Å²) < 4.78 is 25.4. The first-order chi connectivity index (χ1) is 9.17. The Kier molecular flexibility index (Phi) is 4.21. The number of unbranched alkanes of at least 4 members (excludes halogenated alkanes) is 1. The Labute approximate surface area is 111 Å². The monoisotopic (exact) mass is 267 g/mol. The summed E-state index contributed by atoms with van der Waals surface area (Å²) >= 11 is 0. The molecule has 0 radical (unpaired) electrons. The second-order valence-corrected chi connectivity index (χ2v) is 4.30. The van der Waals surface area contributed by atoms with E-state index in [1.54, 1.807) is 13.2 Å². The fraction of sp³-hybridized carbons (Fsp3) is 0.462. The van der Waals surface area contributed by atoms with E-state index >= 15 is 0 Å². The summed E-state index contributed by atoms with van der Waals surface area (Å²) in [5.41, 5.74) is 7.20. The Morgan fingerprint density at radius 2 is 2.11 bits per heavy atom. The lowest BCUT2D eigenvalue weighted by molar-refractivity contribution is 0.191. The van der Waals surface area contributed by atoms with Crippen molar-refractivity contribution in [3.05, 3.63) is 17.9 Å². The summed E-state index contributed by atoms with van der Waals surface area (Å²) in [6, 6.07) is 2.97. The lowest BCUT2D eigenvalue weighted by Crippen LogP contribution is -2.04. The number of rotatable bonds is 6. The van der Waals surface area contributed by atoms with Crippen LogP contribution in [0.1, 0.15) is 12.8 Å². The molecule has 6 heteroatoms. The standard InChI is InChI=1S/C13H18FN3O2/c1-18-6-4-3-5-17-11-8-12(19-2)9(14)7-10(11)16-13(17)15/h7-8H,3-6H2,1-2H3,(H2,15,16). The Morgan fingerprint density at radius 3 is 2.79 bits per heavy atom. The van der Waals surface area contributed by atoms with Crippen LogP contribution < -0.4 is 10.5 Å². The van der Waals surface area contributed by atoms with Crippen molar-refractivity contribution in [3.63, 3.8) is 0 Å². The molecule has 0 aliphatic carbocycles. The molecular weight excluding hydrogens is 249 g/mol. The summed E-state index contributed by atoms with van der Waals surface area (Å²) in [6.45, 7) is 1.44. The zero-order valence-electron chi connectivity index (χ0n) is 11.1. The van der Waals surface area contributed by atoms with Gasteiger partial charge in [0.2, 0.25) is 5.95 Å². The molecular formula is C13H18FN3O2. The van der Waals surface area contributed by atoms with Crippen LogP contribution in [0.4, 0.5) is 10.3 Å². The number of ether oxygens (including phenoxy) is 2. The van der Waals surface area contributed by atoms with Crippen molar-refractivity contribution in [2.24, 2.45) is 0 Å². The van der Waals surface area contributed by atoms with E-state index in [-0.39, 0.29) is 5.75 Å². The lowest BCUT2D eigenvalue weighted by atomic mass is 10.2. The number of imidazole rings is 1. The van der Waals surface area contributed by atoms with Crippen LogP contribution in [0.3, 0.4) is 0 Å². The van der Waals surface area contributed by atoms with E-state index in [2.05, 4.69) is 4.98 Å². The first kappa shape index (κ1) is 13.6. The van der Waals surface area contributed by atoms with Crippen LogP contribution in [0.15, 0.2) is 12.1 Å². The third-order valence-corrected chi connectivity index (χ3v) is 3.03. The maximum Gasteiger partial charge on any atom is 0.201 e. The molecule has 1 heterocycles.